The average Bonchev–Trinajstić information content (AvgIpc) is 2.65. The number of benzene rings is 1. The molecule has 0 bridgehead atoms. The van der Waals surface area contributed by atoms with Crippen LogP contribution in [0.5, 0.6) is 0 Å². The molecular weight excluding hydrogens is 302 g/mol. The zero-order valence-corrected chi connectivity index (χ0v) is 13.2. The van der Waals surface area contributed by atoms with Crippen LogP contribution in [0, 0.1) is 0 Å². The molecule has 0 fully saturated rings. The smallest absolute Gasteiger partial charge is 0.258 e. The zero-order valence-electron chi connectivity index (χ0n) is 13.2. The molecule has 0 unspecified atom stereocenters. The highest BCUT2D eigenvalue weighted by Gasteiger charge is 2.07. The minimum Gasteiger partial charge on any atom is -0.339 e. The molecule has 0 atom stereocenters. The van der Waals surface area contributed by atoms with Crippen molar-refractivity contribution in [2.24, 2.45) is 0 Å². The Hall–Kier alpha value is -3.28. The lowest BCUT2D eigenvalue weighted by molar-refractivity contribution is 0.102. The van der Waals surface area contributed by atoms with Crippen molar-refractivity contribution in [1.29, 1.82) is 0 Å². The maximum absolute atomic E-state index is 12.0. The van der Waals surface area contributed by atoms with E-state index >= 15 is 0 Å². The number of amides is 1. The molecular formula is C18H17N5O. The molecule has 0 saturated heterocycles. The number of anilines is 3. The van der Waals surface area contributed by atoms with Gasteiger partial charge in [0.05, 0.1) is 5.56 Å². The Labute approximate surface area is 140 Å². The third kappa shape index (κ3) is 3.92. The molecule has 0 spiro atoms. The van der Waals surface area contributed by atoms with Crippen LogP contribution < -0.4 is 10.6 Å². The maximum Gasteiger partial charge on any atom is 0.258 e. The van der Waals surface area contributed by atoms with Crippen LogP contribution >= 0.6 is 0 Å². The predicted molar refractivity (Wildman–Crippen MR) is 93.3 cm³/mol. The van der Waals surface area contributed by atoms with E-state index in [1.54, 1.807) is 30.5 Å². The van der Waals surface area contributed by atoms with Crippen LogP contribution in [0.1, 0.15) is 22.8 Å². The van der Waals surface area contributed by atoms with E-state index in [1.165, 1.54) is 11.8 Å². The van der Waals surface area contributed by atoms with Crippen molar-refractivity contribution in [3.8, 4) is 0 Å². The summed E-state index contributed by atoms with van der Waals surface area (Å²) in [5.74, 6) is 0.725. The Morgan fingerprint density at radius 3 is 2.38 bits per heavy atom. The number of pyridine rings is 1. The molecule has 24 heavy (non-hydrogen) atoms. The SMILES string of the molecule is CCc1ccc(Nc2ccc(NC(=O)c3cccnc3)nn2)cc1. The van der Waals surface area contributed by atoms with E-state index in [0.717, 1.165) is 12.1 Å². The number of carbonyl (C=O) groups is 1. The van der Waals surface area contributed by atoms with Gasteiger partial charge in [-0.05, 0) is 48.4 Å². The molecule has 2 aromatic heterocycles. The van der Waals surface area contributed by atoms with E-state index in [2.05, 4.69) is 44.9 Å². The molecule has 1 amide bonds. The molecule has 0 aliphatic carbocycles. The molecule has 1 aromatic carbocycles. The van der Waals surface area contributed by atoms with Crippen LogP contribution in [0.2, 0.25) is 0 Å². The summed E-state index contributed by atoms with van der Waals surface area (Å²) >= 11 is 0. The Balaban J connectivity index is 1.63. The van der Waals surface area contributed by atoms with E-state index in [1.807, 2.05) is 12.1 Å². The van der Waals surface area contributed by atoms with Crippen LogP contribution in [-0.2, 0) is 6.42 Å². The molecule has 2 N–H and O–H groups in total. The van der Waals surface area contributed by atoms with E-state index < -0.39 is 0 Å². The Morgan fingerprint density at radius 2 is 1.75 bits per heavy atom. The van der Waals surface area contributed by atoms with Crippen molar-refractivity contribution in [2.75, 3.05) is 10.6 Å². The highest BCUT2D eigenvalue weighted by molar-refractivity contribution is 6.03. The van der Waals surface area contributed by atoms with Crippen molar-refractivity contribution in [2.45, 2.75) is 13.3 Å². The van der Waals surface area contributed by atoms with Gasteiger partial charge < -0.3 is 10.6 Å². The monoisotopic (exact) mass is 319 g/mol. The third-order valence-electron chi connectivity index (χ3n) is 3.46. The van der Waals surface area contributed by atoms with Crippen LogP contribution in [0.15, 0.2) is 60.9 Å². The number of nitrogens with one attached hydrogen (secondary N) is 2. The van der Waals surface area contributed by atoms with Gasteiger partial charge in [-0.25, -0.2) is 0 Å². The van der Waals surface area contributed by atoms with E-state index in [4.69, 9.17) is 0 Å². The minimum absolute atomic E-state index is 0.270. The predicted octanol–water partition coefficient (Wildman–Crippen LogP) is 3.43. The average molecular weight is 319 g/mol. The quantitative estimate of drug-likeness (QED) is 0.753. The van der Waals surface area contributed by atoms with Gasteiger partial charge in [0.15, 0.2) is 11.6 Å². The summed E-state index contributed by atoms with van der Waals surface area (Å²) in [5.41, 5.74) is 2.69. The van der Waals surface area contributed by atoms with Crippen molar-refractivity contribution < 1.29 is 4.79 Å². The molecule has 3 aromatic rings. The van der Waals surface area contributed by atoms with Gasteiger partial charge in [0.2, 0.25) is 0 Å². The standard InChI is InChI=1S/C18H17N5O/c1-2-13-5-7-15(8-6-13)20-16-9-10-17(23-22-16)21-18(24)14-4-3-11-19-12-14/h3-12H,2H2,1H3,(H,20,22)(H,21,23,24). The lowest BCUT2D eigenvalue weighted by atomic mass is 10.1. The summed E-state index contributed by atoms with van der Waals surface area (Å²) in [5, 5.41) is 13.9. The van der Waals surface area contributed by atoms with Crippen LogP contribution in [0.25, 0.3) is 0 Å². The minimum atomic E-state index is -0.270. The normalized spacial score (nSPS) is 10.2. The highest BCUT2D eigenvalue weighted by atomic mass is 16.1. The second-order valence-electron chi connectivity index (χ2n) is 5.18. The van der Waals surface area contributed by atoms with Crippen molar-refractivity contribution in [3.63, 3.8) is 0 Å². The van der Waals surface area contributed by atoms with Gasteiger partial charge in [-0.15, -0.1) is 10.2 Å². The first-order chi connectivity index (χ1) is 11.7. The number of hydrogen-bond acceptors (Lipinski definition) is 5. The number of nitrogens with zero attached hydrogens (tertiary/aromatic N) is 3. The summed E-state index contributed by atoms with van der Waals surface area (Å²) in [7, 11) is 0. The molecule has 0 radical (unpaired) electrons. The lowest BCUT2D eigenvalue weighted by Gasteiger charge is -2.07. The number of rotatable bonds is 5. The van der Waals surface area contributed by atoms with E-state index in [-0.39, 0.29) is 5.91 Å². The van der Waals surface area contributed by atoms with Crippen LogP contribution in [0.4, 0.5) is 17.3 Å². The zero-order chi connectivity index (χ0) is 16.8. The van der Waals surface area contributed by atoms with Gasteiger partial charge in [-0.3, -0.25) is 9.78 Å². The van der Waals surface area contributed by atoms with Crippen molar-refractivity contribution >= 4 is 23.2 Å². The number of hydrogen-bond donors (Lipinski definition) is 2. The first kappa shape index (κ1) is 15.6. The fraction of sp³-hybridized carbons (Fsp3) is 0.111. The van der Waals surface area contributed by atoms with Crippen LogP contribution in [0.3, 0.4) is 0 Å². The summed E-state index contributed by atoms with van der Waals surface area (Å²) in [6.07, 6.45) is 4.12. The van der Waals surface area contributed by atoms with Gasteiger partial charge in [-0.2, -0.15) is 0 Å². The highest BCUT2D eigenvalue weighted by Crippen LogP contribution is 2.16. The topological polar surface area (TPSA) is 79.8 Å². The van der Waals surface area contributed by atoms with Gasteiger partial charge in [-0.1, -0.05) is 19.1 Å². The van der Waals surface area contributed by atoms with Gasteiger partial charge >= 0.3 is 0 Å². The molecule has 0 saturated carbocycles. The second kappa shape index (κ2) is 7.32. The third-order valence-corrected chi connectivity index (χ3v) is 3.46. The molecule has 6 heteroatoms. The Bertz CT molecular complexity index is 801. The van der Waals surface area contributed by atoms with E-state index in [0.29, 0.717) is 17.2 Å². The Morgan fingerprint density at radius 1 is 1.00 bits per heavy atom. The number of carbonyl (C=O) groups excluding carboxylic acids is 1. The molecule has 6 nitrogen and oxygen atoms in total. The molecule has 120 valence electrons. The van der Waals surface area contributed by atoms with E-state index in [9.17, 15) is 4.79 Å². The van der Waals surface area contributed by atoms with Crippen molar-refractivity contribution in [1.82, 2.24) is 15.2 Å². The van der Waals surface area contributed by atoms with Gasteiger partial charge in [0, 0.05) is 18.1 Å². The molecule has 0 aliphatic heterocycles. The van der Waals surface area contributed by atoms with Gasteiger partial charge in [0.1, 0.15) is 0 Å². The lowest BCUT2D eigenvalue weighted by Crippen LogP contribution is -2.13. The summed E-state index contributed by atoms with van der Waals surface area (Å²) < 4.78 is 0. The first-order valence-electron chi connectivity index (χ1n) is 7.65. The summed E-state index contributed by atoms with van der Waals surface area (Å²) in [6, 6.07) is 15.0. The largest absolute Gasteiger partial charge is 0.339 e. The molecule has 0 aliphatic rings. The first-order valence-corrected chi connectivity index (χ1v) is 7.65. The van der Waals surface area contributed by atoms with Crippen LogP contribution in [-0.4, -0.2) is 21.1 Å². The maximum atomic E-state index is 12.0. The Kier molecular flexibility index (Phi) is 4.76. The van der Waals surface area contributed by atoms with Gasteiger partial charge in [0.25, 0.3) is 5.91 Å². The fourth-order valence-electron chi connectivity index (χ4n) is 2.12. The van der Waals surface area contributed by atoms with Crippen molar-refractivity contribution in [3.05, 3.63) is 72.1 Å². The number of aromatic nitrogens is 3. The summed E-state index contributed by atoms with van der Waals surface area (Å²) in [4.78, 5) is 15.9. The fourth-order valence-corrected chi connectivity index (χ4v) is 2.12. The molecule has 2 heterocycles. The number of aryl methyl sites for hydroxylation is 1. The second-order valence-corrected chi connectivity index (χ2v) is 5.18. The molecule has 3 rings (SSSR count). The summed E-state index contributed by atoms with van der Waals surface area (Å²) in [6.45, 7) is 2.12.